The summed E-state index contributed by atoms with van der Waals surface area (Å²) >= 11 is 0. The summed E-state index contributed by atoms with van der Waals surface area (Å²) < 4.78 is 25.7. The quantitative estimate of drug-likeness (QED) is 0.0496. The number of phosphoric acid groups is 1. The first-order valence-corrected chi connectivity index (χ1v) is 15.8. The van der Waals surface area contributed by atoms with E-state index in [1.54, 1.807) is 0 Å². The molecule has 0 aromatic heterocycles. The fourth-order valence-electron chi connectivity index (χ4n) is 3.55. The van der Waals surface area contributed by atoms with E-state index in [0.29, 0.717) is 6.42 Å². The zero-order chi connectivity index (χ0) is 28.3. The first-order valence-electron chi connectivity index (χ1n) is 14.3. The van der Waals surface area contributed by atoms with Crippen LogP contribution in [0.4, 0.5) is 0 Å². The normalized spacial score (nSPS) is 14.1. The van der Waals surface area contributed by atoms with Gasteiger partial charge in [0, 0.05) is 19.9 Å². The molecular weight excluding hydrogens is 509 g/mol. The summed E-state index contributed by atoms with van der Waals surface area (Å²) in [5.74, 6) is -0.707. The molecule has 0 bridgehead atoms. The number of carbonyl (C=O) groups is 2. The molecule has 0 radical (unpaired) electrons. The van der Waals surface area contributed by atoms with Gasteiger partial charge in [0.2, 0.25) is 5.91 Å². The molecule has 0 aromatic rings. The van der Waals surface area contributed by atoms with Crippen molar-refractivity contribution in [3.05, 3.63) is 24.3 Å². The van der Waals surface area contributed by atoms with E-state index in [9.17, 15) is 24.2 Å². The van der Waals surface area contributed by atoms with Crippen LogP contribution in [-0.4, -0.2) is 54.3 Å². The first kappa shape index (κ1) is 36.5. The Bertz CT molecular complexity index is 698. The summed E-state index contributed by atoms with van der Waals surface area (Å²) in [6, 6.07) is 0. The topological polar surface area (TPSA) is 131 Å². The van der Waals surface area contributed by atoms with Crippen LogP contribution in [0, 0.1) is 0 Å². The summed E-state index contributed by atoms with van der Waals surface area (Å²) in [5.41, 5.74) is 0. The van der Waals surface area contributed by atoms with Crippen LogP contribution < -0.4 is 5.32 Å². The van der Waals surface area contributed by atoms with Crippen LogP contribution in [0.3, 0.4) is 0 Å². The van der Waals surface area contributed by atoms with Crippen LogP contribution in [0.2, 0.25) is 0 Å². The maximum atomic E-state index is 11.9. The van der Waals surface area contributed by atoms with Gasteiger partial charge in [0.25, 0.3) is 0 Å². The maximum Gasteiger partial charge on any atom is 0.472 e. The first-order chi connectivity index (χ1) is 18.3. The Kier molecular flexibility index (Phi) is 24.7. The summed E-state index contributed by atoms with van der Waals surface area (Å²) in [6.45, 7) is 2.42. The molecule has 222 valence electrons. The molecule has 0 heterocycles. The number of amides is 1. The Labute approximate surface area is 230 Å². The number of phosphoric ester groups is 1. The van der Waals surface area contributed by atoms with E-state index in [-0.39, 0.29) is 25.7 Å². The van der Waals surface area contributed by atoms with Crippen LogP contribution in [0.5, 0.6) is 0 Å². The maximum absolute atomic E-state index is 11.9. The summed E-state index contributed by atoms with van der Waals surface area (Å²) in [5, 5.41) is 12.1. The van der Waals surface area contributed by atoms with Gasteiger partial charge in [0.1, 0.15) is 12.7 Å². The Hall–Kier alpha value is -1.51. The van der Waals surface area contributed by atoms with Crippen LogP contribution in [-0.2, 0) is 27.9 Å². The average Bonchev–Trinajstić information content (AvgIpc) is 2.88. The third kappa shape index (κ3) is 27.5. The van der Waals surface area contributed by atoms with Gasteiger partial charge in [-0.2, -0.15) is 0 Å². The minimum atomic E-state index is -4.37. The number of hydrogen-bond donors (Lipinski definition) is 3. The van der Waals surface area contributed by atoms with Gasteiger partial charge in [-0.1, -0.05) is 82.6 Å². The van der Waals surface area contributed by atoms with Crippen molar-refractivity contribution in [1.29, 1.82) is 0 Å². The van der Waals surface area contributed by atoms with Gasteiger partial charge < -0.3 is 20.1 Å². The zero-order valence-corrected chi connectivity index (χ0v) is 24.5. The van der Waals surface area contributed by atoms with E-state index in [1.807, 2.05) is 0 Å². The summed E-state index contributed by atoms with van der Waals surface area (Å²) in [4.78, 5) is 32.1. The molecule has 0 spiro atoms. The molecule has 0 aromatic carbocycles. The summed E-state index contributed by atoms with van der Waals surface area (Å²) in [7, 11) is -4.37. The summed E-state index contributed by atoms with van der Waals surface area (Å²) in [6.07, 6.45) is 24.7. The predicted octanol–water partition coefficient (Wildman–Crippen LogP) is 6.14. The molecule has 38 heavy (non-hydrogen) atoms. The van der Waals surface area contributed by atoms with Crippen LogP contribution in [0.25, 0.3) is 0 Å². The smallest absolute Gasteiger partial charge is 0.463 e. The standard InChI is InChI=1S/C28H52NO8P/c1-3-4-5-6-7-8-9-10-11-12-13-14-15-16-17-18-19-20-21-28(32)29-22-23-36-38(33,34)37-25-27(31)24-35-26(2)30/h8-9,11-12,27,31H,3-7,10,13-25H2,1-2H3,(H,29,32)(H,33,34)/b9-8-,12-11-. The number of nitrogens with one attached hydrogen (secondary N) is 1. The second-order valence-electron chi connectivity index (χ2n) is 9.45. The Morgan fingerprint density at radius 3 is 2.03 bits per heavy atom. The molecule has 10 heteroatoms. The third-order valence-corrected chi connectivity index (χ3v) is 6.68. The fourth-order valence-corrected chi connectivity index (χ4v) is 4.30. The number of hydrogen-bond acceptors (Lipinski definition) is 7. The van der Waals surface area contributed by atoms with Gasteiger partial charge in [0.05, 0.1) is 13.2 Å². The van der Waals surface area contributed by atoms with Gasteiger partial charge in [0.15, 0.2) is 0 Å². The molecule has 0 aliphatic carbocycles. The van der Waals surface area contributed by atoms with Crippen molar-refractivity contribution in [2.24, 2.45) is 0 Å². The molecular formula is C28H52NO8P. The molecule has 0 aliphatic rings. The SMILES string of the molecule is CCCCCC/C=C\C/C=C\CCCCCCCCCC(=O)NCCOP(=O)(O)OCC(O)COC(C)=O. The van der Waals surface area contributed by atoms with Gasteiger partial charge in [-0.25, -0.2) is 4.57 Å². The lowest BCUT2D eigenvalue weighted by atomic mass is 10.1. The monoisotopic (exact) mass is 561 g/mol. The highest BCUT2D eigenvalue weighted by Gasteiger charge is 2.23. The van der Waals surface area contributed by atoms with E-state index in [4.69, 9.17) is 4.52 Å². The number of aliphatic hydroxyl groups is 1. The molecule has 0 rings (SSSR count). The Morgan fingerprint density at radius 2 is 1.42 bits per heavy atom. The molecule has 0 aliphatic heterocycles. The van der Waals surface area contributed by atoms with Gasteiger partial charge >= 0.3 is 13.8 Å². The van der Waals surface area contributed by atoms with Crippen molar-refractivity contribution >= 4 is 19.7 Å². The second-order valence-corrected chi connectivity index (χ2v) is 10.9. The molecule has 0 saturated heterocycles. The number of rotatable bonds is 26. The molecule has 2 atom stereocenters. The molecule has 9 nitrogen and oxygen atoms in total. The Morgan fingerprint density at radius 1 is 0.842 bits per heavy atom. The van der Waals surface area contributed by atoms with Crippen LogP contribution >= 0.6 is 7.82 Å². The lowest BCUT2D eigenvalue weighted by molar-refractivity contribution is -0.144. The van der Waals surface area contributed by atoms with E-state index >= 15 is 0 Å². The largest absolute Gasteiger partial charge is 0.472 e. The molecule has 2 unspecified atom stereocenters. The van der Waals surface area contributed by atoms with Crippen molar-refractivity contribution in [3.8, 4) is 0 Å². The van der Waals surface area contributed by atoms with Gasteiger partial charge in [-0.05, 0) is 38.5 Å². The van der Waals surface area contributed by atoms with E-state index < -0.39 is 26.5 Å². The van der Waals surface area contributed by atoms with E-state index in [2.05, 4.69) is 45.8 Å². The van der Waals surface area contributed by atoms with Crippen molar-refractivity contribution in [1.82, 2.24) is 5.32 Å². The minimum Gasteiger partial charge on any atom is -0.463 e. The Balaban J connectivity index is 3.52. The van der Waals surface area contributed by atoms with E-state index in [1.165, 1.54) is 64.7 Å². The van der Waals surface area contributed by atoms with Crippen molar-refractivity contribution < 1.29 is 37.9 Å². The number of esters is 1. The van der Waals surface area contributed by atoms with Gasteiger partial charge in [-0.15, -0.1) is 0 Å². The highest BCUT2D eigenvalue weighted by Crippen LogP contribution is 2.42. The molecule has 3 N–H and O–H groups in total. The van der Waals surface area contributed by atoms with Crippen molar-refractivity contribution in [2.45, 2.75) is 116 Å². The lowest BCUT2D eigenvalue weighted by Crippen LogP contribution is -2.27. The third-order valence-electron chi connectivity index (χ3n) is 5.69. The van der Waals surface area contributed by atoms with Gasteiger partial charge in [-0.3, -0.25) is 18.6 Å². The van der Waals surface area contributed by atoms with E-state index in [0.717, 1.165) is 32.1 Å². The molecule has 1 amide bonds. The average molecular weight is 562 g/mol. The number of allylic oxidation sites excluding steroid dienone is 4. The number of aliphatic hydroxyl groups excluding tert-OH is 1. The number of unbranched alkanes of at least 4 members (excludes halogenated alkanes) is 11. The fraction of sp³-hybridized carbons (Fsp3) is 0.786. The van der Waals surface area contributed by atoms with Crippen LogP contribution in [0.15, 0.2) is 24.3 Å². The molecule has 0 saturated carbocycles. The van der Waals surface area contributed by atoms with Crippen molar-refractivity contribution in [3.63, 3.8) is 0 Å². The predicted molar refractivity (Wildman–Crippen MR) is 151 cm³/mol. The lowest BCUT2D eigenvalue weighted by Gasteiger charge is -2.15. The highest BCUT2D eigenvalue weighted by atomic mass is 31.2. The molecule has 0 fully saturated rings. The highest BCUT2D eigenvalue weighted by molar-refractivity contribution is 7.47. The number of carbonyl (C=O) groups excluding carboxylic acids is 2. The zero-order valence-electron chi connectivity index (χ0n) is 23.6. The van der Waals surface area contributed by atoms with Crippen molar-refractivity contribution in [2.75, 3.05) is 26.4 Å². The minimum absolute atomic E-state index is 0.0759. The van der Waals surface area contributed by atoms with Crippen LogP contribution in [0.1, 0.15) is 110 Å². The second kappa shape index (κ2) is 25.8. The number of ether oxygens (including phenoxy) is 1.